The van der Waals surface area contributed by atoms with Gasteiger partial charge < -0.3 is 10.1 Å². The molecule has 106 valence electrons. The molecule has 2 atom stereocenters. The van der Waals surface area contributed by atoms with Crippen LogP contribution >= 0.6 is 15.9 Å². The van der Waals surface area contributed by atoms with E-state index in [0.717, 1.165) is 29.9 Å². The second-order valence-corrected chi connectivity index (χ2v) is 6.11. The highest BCUT2D eigenvalue weighted by Gasteiger charge is 2.24. The van der Waals surface area contributed by atoms with Gasteiger partial charge in [0.2, 0.25) is 0 Å². The Morgan fingerprint density at radius 1 is 1.47 bits per heavy atom. The molecule has 19 heavy (non-hydrogen) atoms. The molecule has 1 N–H and O–H groups in total. The van der Waals surface area contributed by atoms with Crippen molar-refractivity contribution in [3.63, 3.8) is 0 Å². The second-order valence-electron chi connectivity index (χ2n) is 5.26. The van der Waals surface area contributed by atoms with Crippen LogP contribution in [0.2, 0.25) is 0 Å². The van der Waals surface area contributed by atoms with E-state index in [0.29, 0.717) is 12.1 Å². The van der Waals surface area contributed by atoms with Crippen molar-refractivity contribution in [1.82, 2.24) is 10.2 Å². The number of nitrogens with zero attached hydrogens (tertiary/aromatic N) is 1. The van der Waals surface area contributed by atoms with E-state index in [4.69, 9.17) is 4.74 Å². The smallest absolute Gasteiger partial charge is 0.119 e. The van der Waals surface area contributed by atoms with Gasteiger partial charge in [-0.3, -0.25) is 4.90 Å². The summed E-state index contributed by atoms with van der Waals surface area (Å²) in [4.78, 5) is 2.57. The molecule has 1 aliphatic rings. The lowest BCUT2D eigenvalue weighted by Gasteiger charge is -2.39. The van der Waals surface area contributed by atoms with Gasteiger partial charge in [-0.05, 0) is 37.1 Å². The average molecular weight is 327 g/mol. The fourth-order valence-electron chi connectivity index (χ4n) is 2.65. The zero-order chi connectivity index (χ0) is 13.8. The maximum Gasteiger partial charge on any atom is 0.119 e. The normalized spacial score (nSPS) is 24.4. The van der Waals surface area contributed by atoms with E-state index < -0.39 is 0 Å². The third kappa shape index (κ3) is 3.71. The quantitative estimate of drug-likeness (QED) is 0.920. The zero-order valence-corrected chi connectivity index (χ0v) is 13.5. The van der Waals surface area contributed by atoms with Crippen LogP contribution in [0.15, 0.2) is 22.7 Å². The first-order valence-corrected chi connectivity index (χ1v) is 7.73. The summed E-state index contributed by atoms with van der Waals surface area (Å²) >= 11 is 3.65. The van der Waals surface area contributed by atoms with E-state index >= 15 is 0 Å². The Morgan fingerprint density at radius 2 is 2.26 bits per heavy atom. The van der Waals surface area contributed by atoms with Gasteiger partial charge in [0.05, 0.1) is 7.11 Å². The lowest BCUT2D eigenvalue weighted by atomic mass is 10.1. The summed E-state index contributed by atoms with van der Waals surface area (Å²) in [6, 6.07) is 7.37. The number of ether oxygens (including phenoxy) is 1. The molecule has 0 radical (unpaired) electrons. The number of methoxy groups -OCH3 is 1. The predicted octanol–water partition coefficient (Wildman–Crippen LogP) is 3.03. The minimum atomic E-state index is 0.562. The summed E-state index contributed by atoms with van der Waals surface area (Å²) in [5.74, 6) is 0.925. The van der Waals surface area contributed by atoms with E-state index in [9.17, 15) is 0 Å². The van der Waals surface area contributed by atoms with Crippen LogP contribution in [-0.2, 0) is 6.54 Å². The summed E-state index contributed by atoms with van der Waals surface area (Å²) in [5.41, 5.74) is 1.30. The molecule has 1 aliphatic heterocycles. The van der Waals surface area contributed by atoms with Crippen molar-refractivity contribution < 1.29 is 4.74 Å². The van der Waals surface area contributed by atoms with Gasteiger partial charge in [0.1, 0.15) is 5.75 Å². The number of hydrogen-bond acceptors (Lipinski definition) is 3. The van der Waals surface area contributed by atoms with Crippen molar-refractivity contribution in [2.75, 3.05) is 20.2 Å². The minimum absolute atomic E-state index is 0.562. The molecule has 1 saturated heterocycles. The van der Waals surface area contributed by atoms with Crippen LogP contribution in [-0.4, -0.2) is 37.2 Å². The van der Waals surface area contributed by atoms with Gasteiger partial charge in [-0.1, -0.05) is 22.9 Å². The van der Waals surface area contributed by atoms with E-state index in [1.165, 1.54) is 12.0 Å². The Bertz CT molecular complexity index is 425. The summed E-state index contributed by atoms with van der Waals surface area (Å²) in [5, 5.41) is 3.56. The van der Waals surface area contributed by atoms with Crippen molar-refractivity contribution >= 4 is 15.9 Å². The maximum absolute atomic E-state index is 5.32. The van der Waals surface area contributed by atoms with Gasteiger partial charge in [-0.2, -0.15) is 0 Å². The first kappa shape index (κ1) is 14.8. The molecule has 3 nitrogen and oxygen atoms in total. The lowest BCUT2D eigenvalue weighted by molar-refractivity contribution is 0.124. The number of nitrogens with one attached hydrogen (secondary N) is 1. The molecule has 0 amide bonds. The third-order valence-corrected chi connectivity index (χ3v) is 4.60. The second kappa shape index (κ2) is 6.73. The summed E-state index contributed by atoms with van der Waals surface area (Å²) in [6.07, 6.45) is 1.18. The molecule has 1 fully saturated rings. The van der Waals surface area contributed by atoms with Gasteiger partial charge in [0, 0.05) is 36.2 Å². The number of hydrogen-bond donors (Lipinski definition) is 1. The molecule has 0 spiro atoms. The molecule has 4 heteroatoms. The number of rotatable bonds is 4. The van der Waals surface area contributed by atoms with Gasteiger partial charge in [0.25, 0.3) is 0 Å². The van der Waals surface area contributed by atoms with Crippen LogP contribution in [0.3, 0.4) is 0 Å². The van der Waals surface area contributed by atoms with E-state index in [1.807, 2.05) is 6.07 Å². The Hall–Kier alpha value is -0.580. The summed E-state index contributed by atoms with van der Waals surface area (Å²) in [6.45, 7) is 7.67. The van der Waals surface area contributed by atoms with E-state index in [2.05, 4.69) is 52.1 Å². The SMILES string of the molecule is CCC1CNC(C)CN1Cc1cc(OC)ccc1Br. The van der Waals surface area contributed by atoms with Crippen LogP contribution in [0.4, 0.5) is 0 Å². The van der Waals surface area contributed by atoms with Crippen LogP contribution in [0.1, 0.15) is 25.8 Å². The van der Waals surface area contributed by atoms with Crippen molar-refractivity contribution in [3.05, 3.63) is 28.2 Å². The Labute approximate surface area is 124 Å². The lowest BCUT2D eigenvalue weighted by Crippen LogP contribution is -2.54. The van der Waals surface area contributed by atoms with Crippen LogP contribution in [0.25, 0.3) is 0 Å². The van der Waals surface area contributed by atoms with E-state index in [1.54, 1.807) is 7.11 Å². The summed E-state index contributed by atoms with van der Waals surface area (Å²) in [7, 11) is 1.72. The highest BCUT2D eigenvalue weighted by molar-refractivity contribution is 9.10. The monoisotopic (exact) mass is 326 g/mol. The molecule has 1 aromatic rings. The fourth-order valence-corrected chi connectivity index (χ4v) is 3.02. The van der Waals surface area contributed by atoms with Crippen LogP contribution in [0, 0.1) is 0 Å². The first-order chi connectivity index (χ1) is 9.13. The highest BCUT2D eigenvalue weighted by atomic mass is 79.9. The van der Waals surface area contributed by atoms with Crippen molar-refractivity contribution in [2.45, 2.75) is 38.9 Å². The molecule has 1 aromatic carbocycles. The molecular formula is C15H23BrN2O. The van der Waals surface area contributed by atoms with Gasteiger partial charge in [0.15, 0.2) is 0 Å². The number of benzene rings is 1. The van der Waals surface area contributed by atoms with Crippen LogP contribution < -0.4 is 10.1 Å². The Kier molecular flexibility index (Phi) is 5.25. The molecule has 2 unspecified atom stereocenters. The number of piperazine rings is 1. The zero-order valence-electron chi connectivity index (χ0n) is 11.9. The highest BCUT2D eigenvalue weighted by Crippen LogP contribution is 2.25. The van der Waals surface area contributed by atoms with Gasteiger partial charge in [-0.25, -0.2) is 0 Å². The van der Waals surface area contributed by atoms with Crippen molar-refractivity contribution in [2.24, 2.45) is 0 Å². The standard InChI is InChI=1S/C15H23BrN2O/c1-4-13-8-17-11(2)9-18(13)10-12-7-14(19-3)5-6-15(12)16/h5-7,11,13,17H,4,8-10H2,1-3H3. The molecule has 0 bridgehead atoms. The molecule has 0 saturated carbocycles. The molecule has 2 rings (SSSR count). The topological polar surface area (TPSA) is 24.5 Å². The first-order valence-electron chi connectivity index (χ1n) is 6.94. The van der Waals surface area contributed by atoms with Crippen LogP contribution in [0.5, 0.6) is 5.75 Å². The van der Waals surface area contributed by atoms with E-state index in [-0.39, 0.29) is 0 Å². The molecule has 1 heterocycles. The fraction of sp³-hybridized carbons (Fsp3) is 0.600. The van der Waals surface area contributed by atoms with Gasteiger partial charge >= 0.3 is 0 Å². The van der Waals surface area contributed by atoms with Gasteiger partial charge in [-0.15, -0.1) is 0 Å². The van der Waals surface area contributed by atoms with Crippen molar-refractivity contribution in [3.8, 4) is 5.75 Å². The maximum atomic E-state index is 5.32. The minimum Gasteiger partial charge on any atom is -0.497 e. The Morgan fingerprint density at radius 3 is 2.95 bits per heavy atom. The number of halogens is 1. The predicted molar refractivity (Wildman–Crippen MR) is 82.6 cm³/mol. The largest absolute Gasteiger partial charge is 0.497 e. The Balaban J connectivity index is 2.14. The molecular weight excluding hydrogens is 304 g/mol. The van der Waals surface area contributed by atoms with Crippen molar-refractivity contribution in [1.29, 1.82) is 0 Å². The average Bonchev–Trinajstić information content (AvgIpc) is 2.41. The molecule has 0 aliphatic carbocycles. The third-order valence-electron chi connectivity index (χ3n) is 3.82. The summed E-state index contributed by atoms with van der Waals surface area (Å²) < 4.78 is 6.48. The molecule has 0 aromatic heterocycles.